The van der Waals surface area contributed by atoms with E-state index < -0.39 is 10.0 Å². The second kappa shape index (κ2) is 6.01. The van der Waals surface area contributed by atoms with Crippen LogP contribution in [-0.4, -0.2) is 20.7 Å². The van der Waals surface area contributed by atoms with Gasteiger partial charge < -0.3 is 0 Å². The predicted molar refractivity (Wildman–Crippen MR) is 96.8 cm³/mol. The maximum atomic E-state index is 12.1. The van der Waals surface area contributed by atoms with E-state index in [2.05, 4.69) is 53.3 Å². The average Bonchev–Trinajstić information content (AvgIpc) is 2.60. The summed E-state index contributed by atoms with van der Waals surface area (Å²) in [6.07, 6.45) is 1.67. The lowest BCUT2D eigenvalue weighted by Crippen LogP contribution is -2.39. The largest absolute Gasteiger partial charge is 0.215 e. The van der Waals surface area contributed by atoms with Crippen LogP contribution in [0.15, 0.2) is 48.5 Å². The van der Waals surface area contributed by atoms with E-state index in [1.54, 1.807) is 0 Å². The minimum Gasteiger partial charge on any atom is -0.215 e. The van der Waals surface area contributed by atoms with Crippen LogP contribution in [0.25, 0.3) is 0 Å². The van der Waals surface area contributed by atoms with Crippen LogP contribution >= 0.6 is 0 Å². The lowest BCUT2D eigenvalue weighted by Gasteiger charge is -2.45. The molecule has 3 aliphatic rings. The van der Waals surface area contributed by atoms with Gasteiger partial charge in [-0.15, -0.1) is 0 Å². The van der Waals surface area contributed by atoms with E-state index in [0.717, 1.165) is 6.42 Å². The highest BCUT2D eigenvalue weighted by atomic mass is 32.2. The normalized spacial score (nSPS) is 24.5. The number of fused-ring (bicyclic) bond motifs is 1. The molecule has 5 rings (SSSR count). The van der Waals surface area contributed by atoms with E-state index >= 15 is 0 Å². The molecule has 4 heteroatoms. The molecule has 2 aromatic rings. The van der Waals surface area contributed by atoms with Crippen LogP contribution in [-0.2, 0) is 10.0 Å². The van der Waals surface area contributed by atoms with Gasteiger partial charge in [-0.2, -0.15) is 0 Å². The van der Waals surface area contributed by atoms with Crippen molar-refractivity contribution in [2.45, 2.75) is 31.6 Å². The highest BCUT2D eigenvalue weighted by Gasteiger charge is 2.42. The monoisotopic (exact) mass is 341 g/mol. The first-order valence-corrected chi connectivity index (χ1v) is 10.4. The molecule has 0 spiro atoms. The van der Waals surface area contributed by atoms with Crippen LogP contribution in [0.5, 0.6) is 0 Å². The van der Waals surface area contributed by atoms with Crippen LogP contribution in [0.4, 0.5) is 0 Å². The Hall–Kier alpha value is -1.65. The van der Waals surface area contributed by atoms with Gasteiger partial charge in [-0.25, -0.2) is 13.1 Å². The van der Waals surface area contributed by atoms with Gasteiger partial charge >= 0.3 is 0 Å². The second-order valence-electron chi connectivity index (χ2n) is 6.95. The van der Waals surface area contributed by atoms with E-state index in [9.17, 15) is 8.42 Å². The standard InChI is InChI=1S/C20H23NO2S/c1-2-11-24(22,23)21-13-14-12-19-15-7-3-5-9-17(15)20(14)18-10-6-4-8-16(18)19/h3-10,14,19-21H,2,11-13H2,1H3/t14-,19?,20?/m1/s1. The minimum absolute atomic E-state index is 0.209. The maximum Gasteiger partial charge on any atom is 0.211 e. The van der Waals surface area contributed by atoms with Gasteiger partial charge in [-0.3, -0.25) is 0 Å². The van der Waals surface area contributed by atoms with Crippen molar-refractivity contribution in [1.29, 1.82) is 0 Å². The molecule has 0 radical (unpaired) electrons. The first-order chi connectivity index (χ1) is 11.6. The fraction of sp³-hybridized carbons (Fsp3) is 0.400. The second-order valence-corrected chi connectivity index (χ2v) is 8.88. The molecule has 0 aromatic heterocycles. The Morgan fingerprint density at radius 1 is 0.958 bits per heavy atom. The lowest BCUT2D eigenvalue weighted by atomic mass is 9.59. The van der Waals surface area contributed by atoms with Crippen molar-refractivity contribution in [3.63, 3.8) is 0 Å². The fourth-order valence-corrected chi connectivity index (χ4v) is 5.68. The maximum absolute atomic E-state index is 12.1. The molecule has 0 amide bonds. The highest BCUT2D eigenvalue weighted by Crippen LogP contribution is 2.55. The summed E-state index contributed by atoms with van der Waals surface area (Å²) in [4.78, 5) is 0. The van der Waals surface area contributed by atoms with Crippen molar-refractivity contribution in [3.8, 4) is 0 Å². The summed E-state index contributed by atoms with van der Waals surface area (Å²) in [5, 5.41) is 0. The van der Waals surface area contributed by atoms with E-state index in [1.165, 1.54) is 22.3 Å². The molecular formula is C20H23NO2S. The zero-order valence-electron chi connectivity index (χ0n) is 13.9. The summed E-state index contributed by atoms with van der Waals surface area (Å²) in [6, 6.07) is 17.3. The molecule has 126 valence electrons. The summed E-state index contributed by atoms with van der Waals surface area (Å²) in [5.74, 6) is 1.22. The van der Waals surface area contributed by atoms with E-state index in [4.69, 9.17) is 0 Å². The molecule has 0 heterocycles. The topological polar surface area (TPSA) is 46.2 Å². The van der Waals surface area contributed by atoms with Crippen LogP contribution in [0.2, 0.25) is 0 Å². The first-order valence-electron chi connectivity index (χ1n) is 8.75. The predicted octanol–water partition coefficient (Wildman–Crippen LogP) is 3.61. The quantitative estimate of drug-likeness (QED) is 0.903. The molecule has 3 nitrogen and oxygen atoms in total. The average molecular weight is 341 g/mol. The Labute approximate surface area is 144 Å². The summed E-state index contributed by atoms with van der Waals surface area (Å²) in [6.45, 7) is 2.43. The Balaban J connectivity index is 1.69. The third-order valence-corrected chi connectivity index (χ3v) is 7.01. The summed E-state index contributed by atoms with van der Waals surface area (Å²) in [5.41, 5.74) is 5.61. The Kier molecular flexibility index (Phi) is 3.97. The molecule has 0 unspecified atom stereocenters. The first kappa shape index (κ1) is 15.9. The summed E-state index contributed by atoms with van der Waals surface area (Å²) < 4.78 is 27.0. The molecule has 3 aliphatic carbocycles. The van der Waals surface area contributed by atoms with E-state index in [-0.39, 0.29) is 5.75 Å². The molecule has 0 saturated heterocycles. The SMILES string of the molecule is CCCS(=O)(=O)NC[C@H]1CC2c3ccccc3C1c1ccccc12. The molecule has 2 bridgehead atoms. The minimum atomic E-state index is -3.15. The van der Waals surface area contributed by atoms with Gasteiger partial charge in [0.1, 0.15) is 0 Å². The van der Waals surface area contributed by atoms with Gasteiger partial charge in [0.25, 0.3) is 0 Å². The third kappa shape index (κ3) is 2.58. The summed E-state index contributed by atoms with van der Waals surface area (Å²) in [7, 11) is -3.15. The molecule has 0 aliphatic heterocycles. The van der Waals surface area contributed by atoms with E-state index in [0.29, 0.717) is 30.7 Å². The molecule has 0 fully saturated rings. The van der Waals surface area contributed by atoms with Gasteiger partial charge in [-0.05, 0) is 41.0 Å². The van der Waals surface area contributed by atoms with Crippen LogP contribution in [0, 0.1) is 5.92 Å². The zero-order valence-corrected chi connectivity index (χ0v) is 14.7. The molecule has 1 atom stereocenters. The molecular weight excluding hydrogens is 318 g/mol. The van der Waals surface area contributed by atoms with Gasteiger partial charge in [0, 0.05) is 18.4 Å². The Morgan fingerprint density at radius 3 is 2.04 bits per heavy atom. The van der Waals surface area contributed by atoms with Crippen molar-refractivity contribution in [3.05, 3.63) is 70.8 Å². The highest BCUT2D eigenvalue weighted by molar-refractivity contribution is 7.89. The van der Waals surface area contributed by atoms with Gasteiger partial charge in [0.2, 0.25) is 10.0 Å². The number of sulfonamides is 1. The Bertz CT molecular complexity index is 812. The van der Waals surface area contributed by atoms with Crippen molar-refractivity contribution in [1.82, 2.24) is 4.72 Å². The van der Waals surface area contributed by atoms with Crippen LogP contribution in [0.1, 0.15) is 53.9 Å². The van der Waals surface area contributed by atoms with Gasteiger partial charge in [0.05, 0.1) is 5.75 Å². The lowest BCUT2D eigenvalue weighted by molar-refractivity contribution is 0.355. The number of hydrogen-bond donors (Lipinski definition) is 1. The van der Waals surface area contributed by atoms with Crippen molar-refractivity contribution in [2.24, 2.45) is 5.92 Å². The van der Waals surface area contributed by atoms with Gasteiger partial charge in [0.15, 0.2) is 0 Å². The number of hydrogen-bond acceptors (Lipinski definition) is 2. The molecule has 0 saturated carbocycles. The van der Waals surface area contributed by atoms with Crippen LogP contribution in [0.3, 0.4) is 0 Å². The van der Waals surface area contributed by atoms with Gasteiger partial charge in [-0.1, -0.05) is 55.5 Å². The number of rotatable bonds is 5. The van der Waals surface area contributed by atoms with Crippen molar-refractivity contribution >= 4 is 10.0 Å². The van der Waals surface area contributed by atoms with Crippen molar-refractivity contribution in [2.75, 3.05) is 12.3 Å². The molecule has 2 aromatic carbocycles. The fourth-order valence-electron chi connectivity index (χ4n) is 4.53. The van der Waals surface area contributed by atoms with E-state index in [1.807, 2.05) is 6.92 Å². The molecule has 1 N–H and O–H groups in total. The number of benzene rings is 2. The Morgan fingerprint density at radius 2 is 1.50 bits per heavy atom. The number of nitrogens with one attached hydrogen (secondary N) is 1. The summed E-state index contributed by atoms with van der Waals surface area (Å²) >= 11 is 0. The smallest absolute Gasteiger partial charge is 0.211 e. The van der Waals surface area contributed by atoms with Crippen LogP contribution < -0.4 is 4.72 Å². The molecule has 24 heavy (non-hydrogen) atoms. The zero-order chi connectivity index (χ0) is 16.7. The van der Waals surface area contributed by atoms with Crippen molar-refractivity contribution < 1.29 is 8.42 Å². The third-order valence-electron chi connectivity index (χ3n) is 5.46.